The van der Waals surface area contributed by atoms with Crippen molar-refractivity contribution in [1.82, 2.24) is 25.1 Å². The second-order valence-electron chi connectivity index (χ2n) is 7.80. The first-order chi connectivity index (χ1) is 14.9. The summed E-state index contributed by atoms with van der Waals surface area (Å²) in [5, 5.41) is 10.3. The van der Waals surface area contributed by atoms with Crippen molar-refractivity contribution >= 4 is 32.1 Å². The maximum Gasteiger partial charge on any atom is 0.281 e. The van der Waals surface area contributed by atoms with E-state index in [0.717, 1.165) is 37.4 Å². The number of benzene rings is 2. The molecule has 0 amide bonds. The molecular weight excluding hydrogens is 416 g/mol. The van der Waals surface area contributed by atoms with E-state index in [-0.39, 0.29) is 15.6 Å². The minimum Gasteiger partial charge on any atom is -0.369 e. The summed E-state index contributed by atoms with van der Waals surface area (Å²) in [5.41, 5.74) is 2.59. The maximum absolute atomic E-state index is 13.3. The molecule has 2 aromatic heterocycles. The fourth-order valence-electron chi connectivity index (χ4n) is 4.10. The van der Waals surface area contributed by atoms with E-state index in [2.05, 4.69) is 25.5 Å². The number of aromatic amines is 1. The molecule has 4 aromatic rings. The molecule has 5 rings (SSSR count). The van der Waals surface area contributed by atoms with Gasteiger partial charge in [0.25, 0.3) is 5.56 Å². The van der Waals surface area contributed by atoms with E-state index in [1.807, 2.05) is 19.1 Å². The fourth-order valence-corrected chi connectivity index (χ4v) is 5.58. The summed E-state index contributed by atoms with van der Waals surface area (Å²) in [6.07, 6.45) is 0. The van der Waals surface area contributed by atoms with Gasteiger partial charge in [-0.25, -0.2) is 18.1 Å². The van der Waals surface area contributed by atoms with Gasteiger partial charge in [-0.2, -0.15) is 4.98 Å². The molecule has 0 radical (unpaired) electrons. The molecule has 1 fully saturated rings. The fraction of sp³-hybridized carbons (Fsp3) is 0.286. The summed E-state index contributed by atoms with van der Waals surface area (Å²) in [6.45, 7) is 7.10. The Morgan fingerprint density at radius 3 is 2.55 bits per heavy atom. The molecule has 0 unspecified atom stereocenters. The lowest BCUT2D eigenvalue weighted by Gasteiger charge is -2.29. The highest BCUT2D eigenvalue weighted by Gasteiger charge is 2.28. The minimum absolute atomic E-state index is 0.00469. The van der Waals surface area contributed by atoms with E-state index < -0.39 is 15.4 Å². The first-order valence-electron chi connectivity index (χ1n) is 10.1. The van der Waals surface area contributed by atoms with Crippen molar-refractivity contribution in [2.75, 3.05) is 31.1 Å². The average molecular weight is 439 g/mol. The molecule has 31 heavy (non-hydrogen) atoms. The van der Waals surface area contributed by atoms with Crippen LogP contribution in [0.3, 0.4) is 0 Å². The molecule has 0 bridgehead atoms. The van der Waals surface area contributed by atoms with Crippen LogP contribution in [-0.4, -0.2) is 54.4 Å². The van der Waals surface area contributed by atoms with Gasteiger partial charge in [-0.15, -0.1) is 5.10 Å². The zero-order valence-corrected chi connectivity index (χ0v) is 18.0. The Morgan fingerprint density at radius 1 is 1.03 bits per heavy atom. The van der Waals surface area contributed by atoms with Crippen LogP contribution < -0.4 is 15.8 Å². The summed E-state index contributed by atoms with van der Waals surface area (Å²) in [5.74, 6) is 0. The van der Waals surface area contributed by atoms with Crippen LogP contribution in [0.4, 0.5) is 5.69 Å². The highest BCUT2D eigenvalue weighted by atomic mass is 32.2. The Hall–Kier alpha value is -3.24. The molecule has 0 saturated carbocycles. The molecule has 1 aliphatic heterocycles. The van der Waals surface area contributed by atoms with E-state index in [9.17, 15) is 13.2 Å². The van der Waals surface area contributed by atoms with E-state index in [1.165, 1.54) is 4.52 Å². The summed E-state index contributed by atoms with van der Waals surface area (Å²) < 4.78 is 28.2. The Balaban J connectivity index is 1.72. The lowest BCUT2D eigenvalue weighted by atomic mass is 10.2. The second kappa shape index (κ2) is 7.17. The molecule has 9 nitrogen and oxygen atoms in total. The molecule has 1 saturated heterocycles. The number of nitrogens with one attached hydrogen (secondary N) is 2. The van der Waals surface area contributed by atoms with Gasteiger partial charge in [-0.05, 0) is 43.7 Å². The van der Waals surface area contributed by atoms with Crippen molar-refractivity contribution in [1.29, 1.82) is 0 Å². The highest BCUT2D eigenvalue weighted by Crippen LogP contribution is 2.27. The third-order valence-corrected chi connectivity index (χ3v) is 7.49. The SMILES string of the molecule is Cc1ccc(S(=O)(=O)c2n[nH]n3c2nc(=O)c2ccc(N4CCNCC4)cc23)c(C)c1. The molecule has 2 aromatic carbocycles. The van der Waals surface area contributed by atoms with Crippen LogP contribution >= 0.6 is 0 Å². The smallest absolute Gasteiger partial charge is 0.281 e. The van der Waals surface area contributed by atoms with Crippen LogP contribution in [0.5, 0.6) is 0 Å². The van der Waals surface area contributed by atoms with Crippen LogP contribution in [0.1, 0.15) is 11.1 Å². The summed E-state index contributed by atoms with van der Waals surface area (Å²) in [6, 6.07) is 10.6. The highest BCUT2D eigenvalue weighted by molar-refractivity contribution is 7.91. The molecule has 3 heterocycles. The first-order valence-corrected chi connectivity index (χ1v) is 11.5. The average Bonchev–Trinajstić information content (AvgIpc) is 3.19. The molecule has 1 aliphatic rings. The number of fused-ring (bicyclic) bond motifs is 3. The van der Waals surface area contributed by atoms with Gasteiger partial charge in [0, 0.05) is 31.9 Å². The summed E-state index contributed by atoms with van der Waals surface area (Å²) in [4.78, 5) is 19.1. The number of aromatic nitrogens is 4. The van der Waals surface area contributed by atoms with Crippen LogP contribution in [0.15, 0.2) is 51.1 Å². The van der Waals surface area contributed by atoms with Crippen molar-refractivity contribution in [3.63, 3.8) is 0 Å². The predicted octanol–water partition coefficient (Wildman–Crippen LogP) is 1.43. The number of sulfone groups is 1. The zero-order valence-electron chi connectivity index (χ0n) is 17.2. The molecule has 10 heteroatoms. The monoisotopic (exact) mass is 438 g/mol. The Kier molecular flexibility index (Phi) is 4.56. The largest absolute Gasteiger partial charge is 0.369 e. The lowest BCUT2D eigenvalue weighted by Crippen LogP contribution is -2.43. The Bertz CT molecular complexity index is 1480. The van der Waals surface area contributed by atoms with E-state index >= 15 is 0 Å². The molecule has 0 spiro atoms. The standard InChI is InChI=1S/C21H22N6O3S/c1-13-3-6-18(14(2)11-13)31(29,30)21-19-23-20(28)16-5-4-15(26-9-7-22-8-10-26)12-17(16)27(19)25-24-21/h3-6,11-12,22,25H,7-10H2,1-2H3. The van der Waals surface area contributed by atoms with Crippen molar-refractivity contribution in [2.24, 2.45) is 0 Å². The number of rotatable bonds is 3. The van der Waals surface area contributed by atoms with Gasteiger partial charge in [0.05, 0.1) is 15.8 Å². The van der Waals surface area contributed by atoms with Gasteiger partial charge in [-0.1, -0.05) is 17.7 Å². The molecule has 0 atom stereocenters. The van der Waals surface area contributed by atoms with Gasteiger partial charge < -0.3 is 10.2 Å². The van der Waals surface area contributed by atoms with Crippen molar-refractivity contribution in [2.45, 2.75) is 23.8 Å². The number of hydrogen-bond acceptors (Lipinski definition) is 7. The number of anilines is 1. The molecule has 160 valence electrons. The van der Waals surface area contributed by atoms with Gasteiger partial charge in [0.2, 0.25) is 14.9 Å². The van der Waals surface area contributed by atoms with E-state index in [4.69, 9.17) is 0 Å². The van der Waals surface area contributed by atoms with Crippen molar-refractivity contribution in [3.8, 4) is 0 Å². The van der Waals surface area contributed by atoms with Gasteiger partial charge in [0.1, 0.15) is 0 Å². The molecular formula is C21H22N6O3S. The summed E-state index contributed by atoms with van der Waals surface area (Å²) >= 11 is 0. The Morgan fingerprint density at radius 2 is 1.81 bits per heavy atom. The second-order valence-corrected chi connectivity index (χ2v) is 9.64. The van der Waals surface area contributed by atoms with Gasteiger partial charge >= 0.3 is 0 Å². The maximum atomic E-state index is 13.3. The third kappa shape index (κ3) is 3.19. The van der Waals surface area contributed by atoms with Gasteiger partial charge in [0.15, 0.2) is 5.65 Å². The van der Waals surface area contributed by atoms with Crippen LogP contribution in [0.2, 0.25) is 0 Å². The molecule has 0 aliphatic carbocycles. The zero-order chi connectivity index (χ0) is 21.8. The predicted molar refractivity (Wildman–Crippen MR) is 118 cm³/mol. The van der Waals surface area contributed by atoms with Gasteiger partial charge in [-0.3, -0.25) is 4.79 Å². The van der Waals surface area contributed by atoms with Crippen molar-refractivity contribution in [3.05, 3.63) is 57.9 Å². The topological polar surface area (TPSA) is 112 Å². The lowest BCUT2D eigenvalue weighted by molar-refractivity contribution is 0.589. The van der Waals surface area contributed by atoms with Crippen LogP contribution in [-0.2, 0) is 9.84 Å². The Labute approximate surface area is 178 Å². The number of aryl methyl sites for hydroxylation is 2. The van der Waals surface area contributed by atoms with Crippen LogP contribution in [0.25, 0.3) is 16.6 Å². The number of piperazine rings is 1. The number of hydrogen-bond donors (Lipinski definition) is 2. The van der Waals surface area contributed by atoms with Crippen LogP contribution in [0, 0.1) is 13.8 Å². The minimum atomic E-state index is -3.97. The van der Waals surface area contributed by atoms with Crippen molar-refractivity contribution < 1.29 is 8.42 Å². The van der Waals surface area contributed by atoms with E-state index in [0.29, 0.717) is 16.5 Å². The molecule has 2 N–H and O–H groups in total. The number of H-pyrrole nitrogens is 1. The van der Waals surface area contributed by atoms with E-state index in [1.54, 1.807) is 31.2 Å². The summed E-state index contributed by atoms with van der Waals surface area (Å²) in [7, 11) is -3.97. The normalized spacial score (nSPS) is 15.1. The first kappa shape index (κ1) is 19.7. The third-order valence-electron chi connectivity index (χ3n) is 5.67. The quantitative estimate of drug-likeness (QED) is 0.498. The number of nitrogens with zero attached hydrogens (tertiary/aromatic N) is 4.